The predicted molar refractivity (Wildman–Crippen MR) is 102 cm³/mol. The summed E-state index contributed by atoms with van der Waals surface area (Å²) in [6.45, 7) is 0. The summed E-state index contributed by atoms with van der Waals surface area (Å²) in [6.07, 6.45) is 4.10. The molecule has 3 aromatic carbocycles. The highest BCUT2D eigenvalue weighted by Crippen LogP contribution is 2.29. The summed E-state index contributed by atoms with van der Waals surface area (Å²) in [4.78, 5) is 4.71. The first-order valence-electron chi connectivity index (χ1n) is 8.08. The Morgan fingerprint density at radius 2 is 1.33 bits per heavy atom. The first kappa shape index (κ1) is 14.4. The summed E-state index contributed by atoms with van der Waals surface area (Å²) in [7, 11) is 0. The monoisotopic (exact) mass is 307 g/mol. The molecule has 0 unspecified atom stereocenters. The number of hydrogen-bond acceptors (Lipinski definition) is 1. The van der Waals surface area contributed by atoms with E-state index in [1.807, 2.05) is 18.3 Å². The Labute approximate surface area is 141 Å². The zero-order valence-electron chi connectivity index (χ0n) is 13.3. The maximum atomic E-state index is 4.71. The Morgan fingerprint density at radius 3 is 2.12 bits per heavy atom. The molecule has 24 heavy (non-hydrogen) atoms. The molecule has 1 aromatic heterocycles. The van der Waals surface area contributed by atoms with E-state index in [9.17, 15) is 0 Å². The van der Waals surface area contributed by atoms with E-state index >= 15 is 0 Å². The lowest BCUT2D eigenvalue weighted by Gasteiger charge is -2.11. The SMILES string of the molecule is C(=C(c1ccccc1)c1nccc2ccccc12)c1ccccc1. The second-order valence-electron chi connectivity index (χ2n) is 5.72. The van der Waals surface area contributed by atoms with Crippen LogP contribution in [0.4, 0.5) is 0 Å². The van der Waals surface area contributed by atoms with Gasteiger partial charge < -0.3 is 0 Å². The van der Waals surface area contributed by atoms with Crippen molar-refractivity contribution in [2.75, 3.05) is 0 Å². The van der Waals surface area contributed by atoms with Crippen LogP contribution in [0.3, 0.4) is 0 Å². The highest BCUT2D eigenvalue weighted by Gasteiger charge is 2.10. The molecule has 4 aromatic rings. The van der Waals surface area contributed by atoms with E-state index in [0.29, 0.717) is 0 Å². The third-order valence-corrected chi connectivity index (χ3v) is 4.12. The van der Waals surface area contributed by atoms with Gasteiger partial charge in [-0.1, -0.05) is 84.9 Å². The Balaban J connectivity index is 1.98. The van der Waals surface area contributed by atoms with Crippen LogP contribution in [-0.4, -0.2) is 4.98 Å². The van der Waals surface area contributed by atoms with Crippen molar-refractivity contribution in [3.05, 3.63) is 114 Å². The van der Waals surface area contributed by atoms with Crippen molar-refractivity contribution in [1.82, 2.24) is 4.98 Å². The van der Waals surface area contributed by atoms with Crippen LogP contribution in [-0.2, 0) is 0 Å². The van der Waals surface area contributed by atoms with Crippen LogP contribution in [0.25, 0.3) is 22.4 Å². The van der Waals surface area contributed by atoms with Crippen molar-refractivity contribution in [2.24, 2.45) is 0 Å². The lowest BCUT2D eigenvalue weighted by Crippen LogP contribution is -1.93. The van der Waals surface area contributed by atoms with Gasteiger partial charge in [-0.05, 0) is 28.7 Å². The second-order valence-corrected chi connectivity index (χ2v) is 5.72. The van der Waals surface area contributed by atoms with Crippen LogP contribution in [0.5, 0.6) is 0 Å². The molecule has 0 saturated carbocycles. The Morgan fingerprint density at radius 1 is 0.667 bits per heavy atom. The Bertz CT molecular complexity index is 981. The lowest BCUT2D eigenvalue weighted by atomic mass is 9.96. The van der Waals surface area contributed by atoms with Gasteiger partial charge in [0.1, 0.15) is 0 Å². The largest absolute Gasteiger partial charge is 0.256 e. The molecule has 1 heterocycles. The average Bonchev–Trinajstić information content (AvgIpc) is 2.67. The molecule has 0 fully saturated rings. The van der Waals surface area contributed by atoms with Gasteiger partial charge in [0.15, 0.2) is 0 Å². The van der Waals surface area contributed by atoms with Gasteiger partial charge in [0.05, 0.1) is 5.69 Å². The van der Waals surface area contributed by atoms with Crippen molar-refractivity contribution in [3.63, 3.8) is 0 Å². The van der Waals surface area contributed by atoms with Gasteiger partial charge in [0.25, 0.3) is 0 Å². The molecule has 0 saturated heterocycles. The van der Waals surface area contributed by atoms with Crippen molar-refractivity contribution < 1.29 is 0 Å². The van der Waals surface area contributed by atoms with E-state index in [-0.39, 0.29) is 0 Å². The molecular weight excluding hydrogens is 290 g/mol. The fourth-order valence-electron chi connectivity index (χ4n) is 2.96. The molecule has 0 radical (unpaired) electrons. The van der Waals surface area contributed by atoms with Crippen LogP contribution in [0, 0.1) is 0 Å². The van der Waals surface area contributed by atoms with Crippen LogP contribution >= 0.6 is 0 Å². The minimum Gasteiger partial charge on any atom is -0.256 e. The fourth-order valence-corrected chi connectivity index (χ4v) is 2.96. The summed E-state index contributed by atoms with van der Waals surface area (Å²) < 4.78 is 0. The van der Waals surface area contributed by atoms with Crippen LogP contribution in [0.1, 0.15) is 16.8 Å². The van der Waals surface area contributed by atoms with Gasteiger partial charge in [0, 0.05) is 17.2 Å². The highest BCUT2D eigenvalue weighted by atomic mass is 14.7. The number of aromatic nitrogens is 1. The fraction of sp³-hybridized carbons (Fsp3) is 0. The zero-order chi connectivity index (χ0) is 16.2. The molecule has 1 heteroatoms. The van der Waals surface area contributed by atoms with Crippen molar-refractivity contribution in [3.8, 4) is 0 Å². The first-order chi connectivity index (χ1) is 11.9. The average molecular weight is 307 g/mol. The Kier molecular flexibility index (Phi) is 3.91. The van der Waals surface area contributed by atoms with E-state index in [4.69, 9.17) is 4.98 Å². The molecule has 0 aliphatic carbocycles. The van der Waals surface area contributed by atoms with Gasteiger partial charge in [-0.2, -0.15) is 0 Å². The van der Waals surface area contributed by atoms with Gasteiger partial charge in [0.2, 0.25) is 0 Å². The van der Waals surface area contributed by atoms with Crippen LogP contribution in [0.2, 0.25) is 0 Å². The minimum absolute atomic E-state index is 1.02. The second kappa shape index (κ2) is 6.51. The van der Waals surface area contributed by atoms with Crippen LogP contribution in [0.15, 0.2) is 97.2 Å². The molecule has 0 aliphatic heterocycles. The lowest BCUT2D eigenvalue weighted by molar-refractivity contribution is 1.31. The minimum atomic E-state index is 1.02. The van der Waals surface area contributed by atoms with Gasteiger partial charge >= 0.3 is 0 Å². The molecular formula is C23H17N. The summed E-state index contributed by atoms with van der Waals surface area (Å²) in [6, 6.07) is 31.3. The first-order valence-corrected chi connectivity index (χ1v) is 8.08. The zero-order valence-corrected chi connectivity index (χ0v) is 13.3. The number of rotatable bonds is 3. The number of nitrogens with zero attached hydrogens (tertiary/aromatic N) is 1. The number of fused-ring (bicyclic) bond motifs is 1. The molecule has 0 aliphatic rings. The summed E-state index contributed by atoms with van der Waals surface area (Å²) in [5, 5.41) is 2.38. The van der Waals surface area contributed by atoms with Gasteiger partial charge in [-0.3, -0.25) is 4.98 Å². The van der Waals surface area contributed by atoms with E-state index < -0.39 is 0 Å². The van der Waals surface area contributed by atoms with Gasteiger partial charge in [-0.15, -0.1) is 0 Å². The third kappa shape index (κ3) is 2.84. The molecule has 1 nitrogen and oxygen atoms in total. The number of hydrogen-bond donors (Lipinski definition) is 0. The standard InChI is InChI=1S/C23H17N/c1-3-9-18(10-4-1)17-22(19-11-5-2-6-12-19)23-21-14-8-7-13-20(21)15-16-24-23/h1-17H. The number of benzene rings is 3. The molecule has 0 bridgehead atoms. The Hall–Kier alpha value is -3.19. The molecule has 114 valence electrons. The van der Waals surface area contributed by atoms with E-state index in [1.54, 1.807) is 0 Å². The molecule has 0 N–H and O–H groups in total. The predicted octanol–water partition coefficient (Wildman–Crippen LogP) is 5.82. The quantitative estimate of drug-likeness (QED) is 0.434. The van der Waals surface area contributed by atoms with Crippen molar-refractivity contribution in [2.45, 2.75) is 0 Å². The highest BCUT2D eigenvalue weighted by molar-refractivity contribution is 6.00. The van der Waals surface area contributed by atoms with E-state index in [0.717, 1.165) is 11.3 Å². The van der Waals surface area contributed by atoms with Crippen molar-refractivity contribution >= 4 is 22.4 Å². The molecule has 0 amide bonds. The van der Waals surface area contributed by atoms with E-state index in [2.05, 4.69) is 84.9 Å². The normalized spacial score (nSPS) is 11.6. The van der Waals surface area contributed by atoms with Gasteiger partial charge in [-0.25, -0.2) is 0 Å². The molecule has 0 spiro atoms. The van der Waals surface area contributed by atoms with E-state index in [1.165, 1.54) is 21.9 Å². The summed E-state index contributed by atoms with van der Waals surface area (Å²) in [5.41, 5.74) is 4.50. The topological polar surface area (TPSA) is 12.9 Å². The smallest absolute Gasteiger partial charge is 0.0786 e. The van der Waals surface area contributed by atoms with Crippen molar-refractivity contribution in [1.29, 1.82) is 0 Å². The molecule has 0 atom stereocenters. The third-order valence-electron chi connectivity index (χ3n) is 4.12. The summed E-state index contributed by atoms with van der Waals surface area (Å²) >= 11 is 0. The van der Waals surface area contributed by atoms with Crippen LogP contribution < -0.4 is 0 Å². The summed E-state index contributed by atoms with van der Waals surface area (Å²) in [5.74, 6) is 0. The maximum Gasteiger partial charge on any atom is 0.0786 e. The number of pyridine rings is 1. The maximum absolute atomic E-state index is 4.71. The molecule has 4 rings (SSSR count).